The summed E-state index contributed by atoms with van der Waals surface area (Å²) < 4.78 is 5.55. The maximum absolute atomic E-state index is 5.55. The second-order valence-corrected chi connectivity index (χ2v) is 3.52. The molecule has 0 aliphatic heterocycles. The van der Waals surface area contributed by atoms with Gasteiger partial charge in [0.2, 0.25) is 11.6 Å². The maximum Gasteiger partial charge on any atom is 0.248 e. The fraction of sp³-hybridized carbons (Fsp3) is 0.0833. The molecule has 0 amide bonds. The molecule has 3 heterocycles. The van der Waals surface area contributed by atoms with Crippen LogP contribution in [0.3, 0.4) is 0 Å². The molecule has 0 spiro atoms. The Morgan fingerprint density at radius 2 is 2.00 bits per heavy atom. The minimum absolute atomic E-state index is 0.511. The Kier molecular flexibility index (Phi) is 1.93. The van der Waals surface area contributed by atoms with Gasteiger partial charge in [0.05, 0.1) is 0 Å². The molecule has 0 unspecified atom stereocenters. The van der Waals surface area contributed by atoms with E-state index in [0.717, 1.165) is 16.8 Å². The first-order valence-corrected chi connectivity index (χ1v) is 4.98. The molecule has 0 aliphatic rings. The minimum atomic E-state index is 0.511. The minimum Gasteiger partial charge on any atom is -0.416 e. The molecule has 0 N–H and O–H groups in total. The zero-order chi connectivity index (χ0) is 11.0. The fourth-order valence-electron chi connectivity index (χ4n) is 1.55. The number of rotatable bonds is 1. The Morgan fingerprint density at radius 1 is 1.06 bits per heavy atom. The maximum atomic E-state index is 5.55. The smallest absolute Gasteiger partial charge is 0.248 e. The van der Waals surface area contributed by atoms with Crippen molar-refractivity contribution in [3.63, 3.8) is 0 Å². The summed E-state index contributed by atoms with van der Waals surface area (Å²) >= 11 is 0. The number of oxazole rings is 1. The molecule has 0 fully saturated rings. The lowest BCUT2D eigenvalue weighted by Gasteiger charge is -1.90. The Labute approximate surface area is 92.0 Å². The van der Waals surface area contributed by atoms with E-state index in [1.54, 1.807) is 12.4 Å². The molecule has 0 atom stereocenters. The third-order valence-electron chi connectivity index (χ3n) is 2.38. The number of fused-ring (bicyclic) bond motifs is 1. The highest BCUT2D eigenvalue weighted by atomic mass is 16.4. The van der Waals surface area contributed by atoms with Gasteiger partial charge in [0.25, 0.3) is 0 Å². The van der Waals surface area contributed by atoms with Gasteiger partial charge in [-0.05, 0) is 30.7 Å². The van der Waals surface area contributed by atoms with Crippen LogP contribution in [0.1, 0.15) is 5.56 Å². The van der Waals surface area contributed by atoms with Crippen LogP contribution in [0.5, 0.6) is 0 Å². The topological polar surface area (TPSA) is 51.8 Å². The van der Waals surface area contributed by atoms with Crippen LogP contribution in [0.15, 0.2) is 41.1 Å². The van der Waals surface area contributed by atoms with Gasteiger partial charge in [-0.15, -0.1) is 0 Å². The highest BCUT2D eigenvalue weighted by Gasteiger charge is 2.10. The molecule has 0 aromatic carbocycles. The van der Waals surface area contributed by atoms with Crippen molar-refractivity contribution in [2.75, 3.05) is 0 Å². The zero-order valence-corrected chi connectivity index (χ0v) is 8.71. The Morgan fingerprint density at radius 3 is 2.75 bits per heavy atom. The van der Waals surface area contributed by atoms with Crippen molar-refractivity contribution in [3.8, 4) is 11.6 Å². The van der Waals surface area contributed by atoms with Crippen LogP contribution in [0.4, 0.5) is 0 Å². The standard InChI is InChI=1S/C12H9N3O/c1-8-5-7-14-12-10(8)15-11(16-12)9-4-2-3-6-13-9/h2-7H,1H3. The molecular weight excluding hydrogens is 202 g/mol. The predicted molar refractivity (Wildman–Crippen MR) is 59.8 cm³/mol. The monoisotopic (exact) mass is 211 g/mol. The van der Waals surface area contributed by atoms with Crippen molar-refractivity contribution in [2.24, 2.45) is 0 Å². The molecule has 0 radical (unpaired) electrons. The lowest BCUT2D eigenvalue weighted by molar-refractivity contribution is 0.605. The lowest BCUT2D eigenvalue weighted by Crippen LogP contribution is -1.81. The van der Waals surface area contributed by atoms with Crippen LogP contribution in [0.25, 0.3) is 22.8 Å². The fourth-order valence-corrected chi connectivity index (χ4v) is 1.55. The SMILES string of the molecule is Cc1ccnc2oc(-c3ccccn3)nc12. The number of aryl methyl sites for hydroxylation is 1. The van der Waals surface area contributed by atoms with Gasteiger partial charge < -0.3 is 4.42 Å². The van der Waals surface area contributed by atoms with E-state index >= 15 is 0 Å². The van der Waals surface area contributed by atoms with Crippen molar-refractivity contribution >= 4 is 11.2 Å². The third-order valence-corrected chi connectivity index (χ3v) is 2.38. The quantitative estimate of drug-likeness (QED) is 0.620. The number of pyridine rings is 2. The molecule has 4 heteroatoms. The normalized spacial score (nSPS) is 10.8. The average molecular weight is 211 g/mol. The van der Waals surface area contributed by atoms with E-state index in [-0.39, 0.29) is 0 Å². The van der Waals surface area contributed by atoms with E-state index in [1.165, 1.54) is 0 Å². The highest BCUT2D eigenvalue weighted by Crippen LogP contribution is 2.22. The van der Waals surface area contributed by atoms with Gasteiger partial charge in [0, 0.05) is 12.4 Å². The Hall–Kier alpha value is -2.23. The third kappa shape index (κ3) is 1.35. The van der Waals surface area contributed by atoms with Crippen LogP contribution in [0, 0.1) is 6.92 Å². The van der Waals surface area contributed by atoms with Crippen LogP contribution in [-0.2, 0) is 0 Å². The average Bonchev–Trinajstić information content (AvgIpc) is 2.76. The molecule has 0 bridgehead atoms. The van der Waals surface area contributed by atoms with Gasteiger partial charge >= 0.3 is 0 Å². The predicted octanol–water partition coefficient (Wildman–Crippen LogP) is 2.59. The van der Waals surface area contributed by atoms with Crippen molar-refractivity contribution in [3.05, 3.63) is 42.2 Å². The molecule has 3 aromatic heterocycles. The molecule has 16 heavy (non-hydrogen) atoms. The summed E-state index contributed by atoms with van der Waals surface area (Å²) in [5.41, 5.74) is 3.12. The second-order valence-electron chi connectivity index (χ2n) is 3.52. The van der Waals surface area contributed by atoms with E-state index < -0.39 is 0 Å². The van der Waals surface area contributed by atoms with E-state index in [1.807, 2.05) is 31.2 Å². The molecule has 0 saturated carbocycles. The van der Waals surface area contributed by atoms with Crippen molar-refractivity contribution < 1.29 is 4.42 Å². The summed E-state index contributed by atoms with van der Waals surface area (Å²) in [6.45, 7) is 1.98. The Bertz CT molecular complexity index is 631. The van der Waals surface area contributed by atoms with Crippen LogP contribution in [-0.4, -0.2) is 15.0 Å². The number of aromatic nitrogens is 3. The summed E-state index contributed by atoms with van der Waals surface area (Å²) in [5, 5.41) is 0. The second kappa shape index (κ2) is 3.41. The van der Waals surface area contributed by atoms with E-state index in [9.17, 15) is 0 Å². The van der Waals surface area contributed by atoms with Gasteiger partial charge in [0.1, 0.15) is 11.2 Å². The first kappa shape index (κ1) is 9.03. The molecule has 3 rings (SSSR count). The first-order valence-electron chi connectivity index (χ1n) is 4.98. The molecule has 3 aromatic rings. The van der Waals surface area contributed by atoms with Gasteiger partial charge in [-0.25, -0.2) is 9.97 Å². The molecule has 4 nitrogen and oxygen atoms in total. The van der Waals surface area contributed by atoms with Gasteiger partial charge in [-0.3, -0.25) is 4.98 Å². The number of nitrogens with zero attached hydrogens (tertiary/aromatic N) is 3. The lowest BCUT2D eigenvalue weighted by atomic mass is 10.3. The molecular formula is C12H9N3O. The largest absolute Gasteiger partial charge is 0.416 e. The Balaban J connectivity index is 2.23. The van der Waals surface area contributed by atoms with Crippen molar-refractivity contribution in [1.82, 2.24) is 15.0 Å². The summed E-state index contributed by atoms with van der Waals surface area (Å²) in [6.07, 6.45) is 3.43. The van der Waals surface area contributed by atoms with Crippen LogP contribution >= 0.6 is 0 Å². The van der Waals surface area contributed by atoms with Crippen LogP contribution < -0.4 is 0 Å². The summed E-state index contributed by atoms with van der Waals surface area (Å²) in [6, 6.07) is 7.53. The highest BCUT2D eigenvalue weighted by molar-refractivity contribution is 5.74. The summed E-state index contributed by atoms with van der Waals surface area (Å²) in [4.78, 5) is 12.7. The molecule has 0 saturated heterocycles. The zero-order valence-electron chi connectivity index (χ0n) is 8.71. The van der Waals surface area contributed by atoms with Gasteiger partial charge in [-0.2, -0.15) is 0 Å². The van der Waals surface area contributed by atoms with Gasteiger partial charge in [0.15, 0.2) is 0 Å². The number of hydrogen-bond acceptors (Lipinski definition) is 4. The first-order chi connectivity index (χ1) is 7.84. The van der Waals surface area contributed by atoms with E-state index in [4.69, 9.17) is 4.42 Å². The van der Waals surface area contributed by atoms with Crippen molar-refractivity contribution in [1.29, 1.82) is 0 Å². The van der Waals surface area contributed by atoms with Gasteiger partial charge in [-0.1, -0.05) is 6.07 Å². The summed E-state index contributed by atoms with van der Waals surface area (Å²) in [5.74, 6) is 0.511. The van der Waals surface area contributed by atoms with E-state index in [0.29, 0.717) is 11.6 Å². The molecule has 0 aliphatic carbocycles. The van der Waals surface area contributed by atoms with Crippen molar-refractivity contribution in [2.45, 2.75) is 6.92 Å². The number of hydrogen-bond donors (Lipinski definition) is 0. The van der Waals surface area contributed by atoms with Crippen LogP contribution in [0.2, 0.25) is 0 Å². The summed E-state index contributed by atoms with van der Waals surface area (Å²) in [7, 11) is 0. The molecule has 78 valence electrons. The van der Waals surface area contributed by atoms with E-state index in [2.05, 4.69) is 15.0 Å².